The van der Waals surface area contributed by atoms with Crippen LogP contribution in [0.15, 0.2) is 30.3 Å². The second-order valence-corrected chi connectivity index (χ2v) is 7.30. The molecule has 0 spiro atoms. The van der Waals surface area contributed by atoms with E-state index in [1.807, 2.05) is 0 Å². The predicted octanol–water partition coefficient (Wildman–Crippen LogP) is 3.14. The van der Waals surface area contributed by atoms with Crippen molar-refractivity contribution in [2.24, 2.45) is 0 Å². The molecule has 9 nitrogen and oxygen atoms in total. The van der Waals surface area contributed by atoms with Crippen molar-refractivity contribution in [2.45, 2.75) is 45.8 Å². The van der Waals surface area contributed by atoms with Gasteiger partial charge in [-0.2, -0.15) is 9.97 Å². The molecule has 1 aromatic carbocycles. The monoisotopic (exact) mass is 417 g/mol. The highest BCUT2D eigenvalue weighted by Crippen LogP contribution is 2.26. The first kappa shape index (κ1) is 22.9. The van der Waals surface area contributed by atoms with E-state index >= 15 is 0 Å². The second kappa shape index (κ2) is 9.91. The molecule has 1 unspecified atom stereocenters. The van der Waals surface area contributed by atoms with E-state index in [9.17, 15) is 9.59 Å². The molecule has 0 aliphatic rings. The van der Waals surface area contributed by atoms with Gasteiger partial charge < -0.3 is 24.3 Å². The van der Waals surface area contributed by atoms with Crippen molar-refractivity contribution in [2.75, 3.05) is 14.2 Å². The largest absolute Gasteiger partial charge is 0.481 e. The normalized spacial score (nSPS) is 11.9. The molecular formula is C21H27N3O6. The van der Waals surface area contributed by atoms with Gasteiger partial charge in [-0.3, -0.25) is 4.79 Å². The lowest BCUT2D eigenvalue weighted by molar-refractivity contribution is -0.157. The van der Waals surface area contributed by atoms with Crippen LogP contribution in [0.25, 0.3) is 0 Å². The van der Waals surface area contributed by atoms with Crippen LogP contribution < -0.4 is 19.5 Å². The summed E-state index contributed by atoms with van der Waals surface area (Å²) in [5, 5.41) is 2.69. The van der Waals surface area contributed by atoms with Crippen molar-refractivity contribution in [3.8, 4) is 23.5 Å². The molecule has 0 saturated heterocycles. The summed E-state index contributed by atoms with van der Waals surface area (Å²) in [5.41, 5.74) is -0.441. The van der Waals surface area contributed by atoms with Crippen molar-refractivity contribution in [1.29, 1.82) is 0 Å². The van der Waals surface area contributed by atoms with Crippen molar-refractivity contribution >= 4 is 11.9 Å². The summed E-state index contributed by atoms with van der Waals surface area (Å²) in [6.45, 7) is 7.09. The maximum atomic E-state index is 12.9. The number of rotatable bonds is 8. The van der Waals surface area contributed by atoms with Crippen molar-refractivity contribution in [1.82, 2.24) is 15.3 Å². The lowest BCUT2D eigenvalue weighted by atomic mass is 10.1. The summed E-state index contributed by atoms with van der Waals surface area (Å²) in [6, 6.07) is 7.21. The third-order valence-electron chi connectivity index (χ3n) is 3.81. The number of hydrogen-bond acceptors (Lipinski definition) is 8. The summed E-state index contributed by atoms with van der Waals surface area (Å²) >= 11 is 0. The van der Waals surface area contributed by atoms with Crippen LogP contribution in [0.5, 0.6) is 23.5 Å². The Morgan fingerprint density at radius 3 is 2.20 bits per heavy atom. The van der Waals surface area contributed by atoms with Gasteiger partial charge in [-0.25, -0.2) is 4.79 Å². The highest BCUT2D eigenvalue weighted by molar-refractivity contribution is 5.99. The average molecular weight is 417 g/mol. The van der Waals surface area contributed by atoms with Gasteiger partial charge in [-0.1, -0.05) is 19.1 Å². The Kier molecular flexibility index (Phi) is 7.57. The van der Waals surface area contributed by atoms with Crippen LogP contribution in [0.3, 0.4) is 0 Å². The third kappa shape index (κ3) is 6.33. The fourth-order valence-electron chi connectivity index (χ4n) is 2.42. The number of hydrogen-bond donors (Lipinski definition) is 1. The van der Waals surface area contributed by atoms with Crippen molar-refractivity contribution in [3.05, 3.63) is 35.9 Å². The minimum atomic E-state index is -0.794. The first-order chi connectivity index (χ1) is 14.2. The molecule has 1 aromatic heterocycles. The number of nitrogens with zero attached hydrogens (tertiary/aromatic N) is 2. The second-order valence-electron chi connectivity index (χ2n) is 7.30. The van der Waals surface area contributed by atoms with E-state index in [-0.39, 0.29) is 29.1 Å². The van der Waals surface area contributed by atoms with E-state index in [0.717, 1.165) is 0 Å². The Morgan fingerprint density at radius 2 is 1.67 bits per heavy atom. The first-order valence-corrected chi connectivity index (χ1v) is 9.44. The van der Waals surface area contributed by atoms with Crippen LogP contribution >= 0.6 is 0 Å². The van der Waals surface area contributed by atoms with E-state index in [1.165, 1.54) is 20.3 Å². The number of carbonyl (C=O) groups excluding carboxylic acids is 2. The molecule has 0 saturated carbocycles. The van der Waals surface area contributed by atoms with Crippen LogP contribution in [0, 0.1) is 0 Å². The molecule has 1 atom stereocenters. The maximum absolute atomic E-state index is 12.9. The molecule has 1 N–H and O–H groups in total. The Labute approximate surface area is 175 Å². The van der Waals surface area contributed by atoms with Gasteiger partial charge in [0.2, 0.25) is 11.8 Å². The highest BCUT2D eigenvalue weighted by Gasteiger charge is 2.26. The summed E-state index contributed by atoms with van der Waals surface area (Å²) in [5.74, 6) is -0.287. The minimum absolute atomic E-state index is 0.0503. The predicted molar refractivity (Wildman–Crippen MR) is 109 cm³/mol. The molecule has 0 aliphatic heterocycles. The summed E-state index contributed by atoms with van der Waals surface area (Å²) in [4.78, 5) is 33.4. The topological polar surface area (TPSA) is 109 Å². The van der Waals surface area contributed by atoms with Gasteiger partial charge in [0.25, 0.3) is 5.91 Å². The SMILES string of the molecule is CCC(NC(=O)c1ccccc1Oc1nc(OC)cc(OC)n1)C(=O)OC(C)(C)C. The molecular weight excluding hydrogens is 390 g/mol. The minimum Gasteiger partial charge on any atom is -0.481 e. The van der Waals surface area contributed by atoms with E-state index in [0.29, 0.717) is 6.42 Å². The molecule has 2 rings (SSSR count). The molecule has 162 valence electrons. The standard InChI is InChI=1S/C21H27N3O6/c1-7-14(19(26)30-21(2,3)4)22-18(25)13-10-8-9-11-15(13)29-20-23-16(27-5)12-17(24-20)28-6/h8-12,14H,7H2,1-6H3,(H,22,25). The molecule has 9 heteroatoms. The van der Waals surface area contributed by atoms with E-state index < -0.39 is 23.5 Å². The van der Waals surface area contributed by atoms with Crippen molar-refractivity contribution in [3.63, 3.8) is 0 Å². The zero-order valence-corrected chi connectivity index (χ0v) is 18.0. The fourth-order valence-corrected chi connectivity index (χ4v) is 2.42. The Bertz CT molecular complexity index is 872. The van der Waals surface area contributed by atoms with Gasteiger partial charge in [0, 0.05) is 0 Å². The molecule has 1 amide bonds. The maximum Gasteiger partial charge on any atom is 0.329 e. The van der Waals surface area contributed by atoms with Gasteiger partial charge in [0.15, 0.2) is 0 Å². The number of para-hydroxylation sites is 1. The van der Waals surface area contributed by atoms with Crippen LogP contribution in [-0.4, -0.2) is 47.7 Å². The van der Waals surface area contributed by atoms with Crippen LogP contribution in [0.2, 0.25) is 0 Å². The van der Waals surface area contributed by atoms with Gasteiger partial charge in [0.1, 0.15) is 17.4 Å². The highest BCUT2D eigenvalue weighted by atomic mass is 16.6. The zero-order valence-electron chi connectivity index (χ0n) is 18.0. The number of benzene rings is 1. The number of amides is 1. The quantitative estimate of drug-likeness (QED) is 0.653. The Hall–Kier alpha value is -3.36. The molecule has 1 heterocycles. The fraction of sp³-hybridized carbons (Fsp3) is 0.429. The van der Waals surface area contributed by atoms with Gasteiger partial charge in [-0.05, 0) is 39.3 Å². The number of nitrogens with one attached hydrogen (secondary N) is 1. The summed E-state index contributed by atoms with van der Waals surface area (Å²) in [6.07, 6.45) is 0.375. The molecule has 0 fully saturated rings. The number of aromatic nitrogens is 2. The Morgan fingerprint density at radius 1 is 1.07 bits per heavy atom. The lowest BCUT2D eigenvalue weighted by Crippen LogP contribution is -2.43. The van der Waals surface area contributed by atoms with E-state index in [1.54, 1.807) is 52.0 Å². The number of methoxy groups -OCH3 is 2. The molecule has 2 aromatic rings. The zero-order chi connectivity index (χ0) is 22.3. The Balaban J connectivity index is 2.24. The molecule has 0 aliphatic carbocycles. The summed E-state index contributed by atoms with van der Waals surface area (Å²) < 4.78 is 21.3. The smallest absolute Gasteiger partial charge is 0.329 e. The van der Waals surface area contributed by atoms with Gasteiger partial charge in [-0.15, -0.1) is 0 Å². The van der Waals surface area contributed by atoms with Gasteiger partial charge in [0.05, 0.1) is 25.8 Å². The lowest BCUT2D eigenvalue weighted by Gasteiger charge is -2.24. The number of carbonyl (C=O) groups is 2. The van der Waals surface area contributed by atoms with E-state index in [2.05, 4.69) is 15.3 Å². The number of ether oxygens (including phenoxy) is 4. The van der Waals surface area contributed by atoms with Crippen LogP contribution in [-0.2, 0) is 9.53 Å². The average Bonchev–Trinajstić information content (AvgIpc) is 2.70. The first-order valence-electron chi connectivity index (χ1n) is 9.44. The van der Waals surface area contributed by atoms with Gasteiger partial charge >= 0.3 is 12.0 Å². The van der Waals surface area contributed by atoms with Crippen LogP contribution in [0.1, 0.15) is 44.5 Å². The number of esters is 1. The molecule has 0 radical (unpaired) electrons. The molecule has 30 heavy (non-hydrogen) atoms. The van der Waals surface area contributed by atoms with E-state index in [4.69, 9.17) is 18.9 Å². The third-order valence-corrected chi connectivity index (χ3v) is 3.81. The molecule has 0 bridgehead atoms. The summed E-state index contributed by atoms with van der Waals surface area (Å²) in [7, 11) is 2.91. The van der Waals surface area contributed by atoms with Crippen molar-refractivity contribution < 1.29 is 28.5 Å². The van der Waals surface area contributed by atoms with Crippen LogP contribution in [0.4, 0.5) is 0 Å².